The normalized spacial score (nSPS) is 10.9. The molecule has 0 N–H and O–H groups in total. The fraction of sp³-hybridized carbons (Fsp3) is 0.200. The molecule has 0 fully saturated rings. The monoisotopic (exact) mass is 247 g/mol. The number of hydrogen-bond donors (Lipinski definition) is 0. The Balaban J connectivity index is 2.72. The lowest BCUT2D eigenvalue weighted by atomic mass is 9.91. The third kappa shape index (κ3) is 2.08. The minimum absolute atomic E-state index is 0.0450. The summed E-state index contributed by atoms with van der Waals surface area (Å²) in [6.45, 7) is 3.72. The predicted octanol–water partition coefficient (Wildman–Crippen LogP) is 4.90. The van der Waals surface area contributed by atoms with Gasteiger partial charge in [-0.3, -0.25) is 5.11 Å². The summed E-state index contributed by atoms with van der Waals surface area (Å²) in [6, 6.07) is 8.64. The van der Waals surface area contributed by atoms with Crippen molar-refractivity contribution in [2.24, 2.45) is 0 Å². The van der Waals surface area contributed by atoms with Crippen LogP contribution in [0.2, 0.25) is 0 Å². The van der Waals surface area contributed by atoms with Gasteiger partial charge in [0.2, 0.25) is 0 Å². The highest BCUT2D eigenvalue weighted by molar-refractivity contribution is 5.71. The molecule has 0 heterocycles. The minimum Gasteiger partial charge on any atom is -0.290 e. The van der Waals surface area contributed by atoms with Crippen molar-refractivity contribution >= 4 is 0 Å². The van der Waals surface area contributed by atoms with E-state index in [1.165, 1.54) is 18.2 Å². The van der Waals surface area contributed by atoms with Crippen molar-refractivity contribution in [3.63, 3.8) is 0 Å². The molecule has 0 aliphatic heterocycles. The molecule has 0 spiro atoms. The molecule has 3 heteroatoms. The summed E-state index contributed by atoms with van der Waals surface area (Å²) in [5.74, 6) is -2.01. The van der Waals surface area contributed by atoms with Gasteiger partial charge in [-0.15, -0.1) is 0 Å². The van der Waals surface area contributed by atoms with Gasteiger partial charge in [0, 0.05) is 11.1 Å². The standard InChI is InChI=1S/C15H13F2O/c1-9(2)14-10(5-4-8-13(14)18)11-6-3-7-12(16)15(11)17/h3-9H,1-2H3. The molecule has 0 atom stereocenters. The van der Waals surface area contributed by atoms with Gasteiger partial charge in [0.1, 0.15) is 0 Å². The third-order valence-electron chi connectivity index (χ3n) is 2.89. The van der Waals surface area contributed by atoms with E-state index in [0.29, 0.717) is 11.1 Å². The summed E-state index contributed by atoms with van der Waals surface area (Å²) < 4.78 is 27.0. The highest BCUT2D eigenvalue weighted by atomic mass is 19.2. The van der Waals surface area contributed by atoms with E-state index in [0.717, 1.165) is 6.07 Å². The van der Waals surface area contributed by atoms with Crippen LogP contribution in [0.25, 0.3) is 11.1 Å². The summed E-state index contributed by atoms with van der Waals surface area (Å²) in [5, 5.41) is 11.8. The number of rotatable bonds is 2. The maximum Gasteiger partial charge on any atom is 0.182 e. The SMILES string of the molecule is CC(C)c1c([O])cccc1-c1cccc(F)c1F. The van der Waals surface area contributed by atoms with Gasteiger partial charge >= 0.3 is 0 Å². The fourth-order valence-electron chi connectivity index (χ4n) is 2.09. The average molecular weight is 247 g/mol. The van der Waals surface area contributed by atoms with E-state index in [-0.39, 0.29) is 17.2 Å². The van der Waals surface area contributed by atoms with Crippen LogP contribution in [0, 0.1) is 11.6 Å². The van der Waals surface area contributed by atoms with Gasteiger partial charge in [-0.2, -0.15) is 0 Å². The molecular weight excluding hydrogens is 234 g/mol. The number of halogens is 2. The first-order valence-electron chi connectivity index (χ1n) is 5.76. The molecule has 0 saturated heterocycles. The van der Waals surface area contributed by atoms with E-state index in [4.69, 9.17) is 0 Å². The lowest BCUT2D eigenvalue weighted by Crippen LogP contribution is -1.96. The smallest absolute Gasteiger partial charge is 0.182 e. The van der Waals surface area contributed by atoms with Gasteiger partial charge in [-0.05, 0) is 23.6 Å². The second kappa shape index (κ2) is 4.77. The largest absolute Gasteiger partial charge is 0.290 e. The molecule has 0 unspecified atom stereocenters. The van der Waals surface area contributed by atoms with Gasteiger partial charge in [0.25, 0.3) is 0 Å². The van der Waals surface area contributed by atoms with Crippen LogP contribution in [-0.4, -0.2) is 0 Å². The summed E-state index contributed by atoms with van der Waals surface area (Å²) in [7, 11) is 0. The van der Waals surface area contributed by atoms with E-state index < -0.39 is 11.6 Å². The van der Waals surface area contributed by atoms with E-state index in [9.17, 15) is 13.9 Å². The second-order valence-corrected chi connectivity index (χ2v) is 4.47. The van der Waals surface area contributed by atoms with E-state index >= 15 is 0 Å². The molecule has 1 radical (unpaired) electrons. The zero-order valence-electron chi connectivity index (χ0n) is 10.2. The van der Waals surface area contributed by atoms with Gasteiger partial charge in [0.05, 0.1) is 0 Å². The Kier molecular flexibility index (Phi) is 3.32. The maximum absolute atomic E-state index is 13.8. The number of hydrogen-bond acceptors (Lipinski definition) is 0. The first kappa shape index (κ1) is 12.6. The second-order valence-electron chi connectivity index (χ2n) is 4.47. The summed E-state index contributed by atoms with van der Waals surface area (Å²) in [4.78, 5) is 0. The topological polar surface area (TPSA) is 19.9 Å². The van der Waals surface area contributed by atoms with Crippen molar-refractivity contribution in [3.05, 3.63) is 53.6 Å². The molecule has 0 aromatic heterocycles. The Morgan fingerprint density at radius 2 is 1.56 bits per heavy atom. The van der Waals surface area contributed by atoms with Crippen molar-refractivity contribution in [2.75, 3.05) is 0 Å². The predicted molar refractivity (Wildman–Crippen MR) is 66.0 cm³/mol. The molecule has 2 aromatic rings. The van der Waals surface area contributed by atoms with Crippen LogP contribution < -0.4 is 0 Å². The van der Waals surface area contributed by atoms with Crippen LogP contribution in [0.1, 0.15) is 25.3 Å². The first-order valence-corrected chi connectivity index (χ1v) is 5.76. The first-order chi connectivity index (χ1) is 8.52. The van der Waals surface area contributed by atoms with Crippen molar-refractivity contribution in [3.8, 4) is 16.9 Å². The van der Waals surface area contributed by atoms with Crippen LogP contribution in [-0.2, 0) is 5.11 Å². The van der Waals surface area contributed by atoms with E-state index in [2.05, 4.69) is 0 Å². The maximum atomic E-state index is 13.8. The molecule has 93 valence electrons. The molecule has 18 heavy (non-hydrogen) atoms. The molecule has 0 aliphatic rings. The summed E-state index contributed by atoms with van der Waals surface area (Å²) in [6.07, 6.45) is 0. The van der Waals surface area contributed by atoms with E-state index in [1.807, 2.05) is 13.8 Å². The Morgan fingerprint density at radius 1 is 0.944 bits per heavy atom. The molecule has 0 amide bonds. The Labute approximate surface area is 105 Å². The molecule has 1 nitrogen and oxygen atoms in total. The Morgan fingerprint density at radius 3 is 2.22 bits per heavy atom. The summed E-state index contributed by atoms with van der Waals surface area (Å²) >= 11 is 0. The van der Waals surface area contributed by atoms with Crippen LogP contribution in [0.15, 0.2) is 36.4 Å². The highest BCUT2D eigenvalue weighted by Gasteiger charge is 2.18. The Bertz CT molecular complexity index is 577. The van der Waals surface area contributed by atoms with Crippen LogP contribution in [0.3, 0.4) is 0 Å². The average Bonchev–Trinajstić information content (AvgIpc) is 2.32. The fourth-order valence-corrected chi connectivity index (χ4v) is 2.09. The van der Waals surface area contributed by atoms with Gasteiger partial charge in [-0.1, -0.05) is 38.1 Å². The molecule has 2 aromatic carbocycles. The van der Waals surface area contributed by atoms with Crippen LogP contribution in [0.5, 0.6) is 5.75 Å². The molecule has 0 saturated carbocycles. The van der Waals surface area contributed by atoms with Crippen molar-refractivity contribution in [1.82, 2.24) is 0 Å². The van der Waals surface area contributed by atoms with Crippen LogP contribution in [0.4, 0.5) is 8.78 Å². The quantitative estimate of drug-likeness (QED) is 0.719. The zero-order valence-corrected chi connectivity index (χ0v) is 10.2. The Hall–Kier alpha value is -1.90. The lowest BCUT2D eigenvalue weighted by molar-refractivity contribution is 0.348. The number of benzene rings is 2. The van der Waals surface area contributed by atoms with Gasteiger partial charge < -0.3 is 0 Å². The van der Waals surface area contributed by atoms with E-state index in [1.54, 1.807) is 12.1 Å². The highest BCUT2D eigenvalue weighted by Crippen LogP contribution is 2.37. The van der Waals surface area contributed by atoms with Crippen molar-refractivity contribution in [1.29, 1.82) is 0 Å². The summed E-state index contributed by atoms with van der Waals surface area (Å²) in [5.41, 5.74) is 1.12. The molecule has 0 aliphatic carbocycles. The molecular formula is C15H13F2O. The van der Waals surface area contributed by atoms with Crippen LogP contribution >= 0.6 is 0 Å². The third-order valence-corrected chi connectivity index (χ3v) is 2.89. The minimum atomic E-state index is -0.912. The van der Waals surface area contributed by atoms with Gasteiger partial charge in [0.15, 0.2) is 17.4 Å². The van der Waals surface area contributed by atoms with Gasteiger partial charge in [-0.25, -0.2) is 8.78 Å². The zero-order chi connectivity index (χ0) is 13.3. The molecule has 2 rings (SSSR count). The molecule has 0 bridgehead atoms. The lowest BCUT2D eigenvalue weighted by Gasteiger charge is -2.14. The van der Waals surface area contributed by atoms with Crippen molar-refractivity contribution < 1.29 is 13.9 Å². The van der Waals surface area contributed by atoms with Crippen molar-refractivity contribution in [2.45, 2.75) is 19.8 Å².